The van der Waals surface area contributed by atoms with Crippen molar-refractivity contribution in [2.45, 2.75) is 0 Å². The summed E-state index contributed by atoms with van der Waals surface area (Å²) in [6, 6.07) is 25.0. The maximum atomic E-state index is 9.82. The number of anilines is 3. The van der Waals surface area contributed by atoms with Crippen molar-refractivity contribution in [2.24, 2.45) is 0 Å². The van der Waals surface area contributed by atoms with E-state index >= 15 is 0 Å². The van der Waals surface area contributed by atoms with Crippen molar-refractivity contribution in [1.82, 2.24) is 0 Å². The third kappa shape index (κ3) is 2.74. The van der Waals surface area contributed by atoms with Crippen molar-refractivity contribution in [3.63, 3.8) is 0 Å². The number of aromatic hydroxyl groups is 1. The Labute approximate surface area is 130 Å². The Balaban J connectivity index is 2.19. The highest BCUT2D eigenvalue weighted by molar-refractivity contribution is 5.80. The van der Waals surface area contributed by atoms with Gasteiger partial charge in [0.1, 0.15) is 11.5 Å². The van der Waals surface area contributed by atoms with Gasteiger partial charge in [-0.05, 0) is 36.4 Å². The molecule has 110 valence electrons. The molecule has 0 saturated heterocycles. The van der Waals surface area contributed by atoms with Crippen molar-refractivity contribution in [1.29, 1.82) is 0 Å². The smallest absolute Gasteiger partial charge is 0.142 e. The van der Waals surface area contributed by atoms with E-state index < -0.39 is 0 Å². The van der Waals surface area contributed by atoms with Gasteiger partial charge in [-0.3, -0.25) is 0 Å². The van der Waals surface area contributed by atoms with E-state index in [2.05, 4.69) is 4.90 Å². The fourth-order valence-corrected chi connectivity index (χ4v) is 2.45. The van der Waals surface area contributed by atoms with Crippen molar-refractivity contribution >= 4 is 17.1 Å². The molecule has 0 fully saturated rings. The van der Waals surface area contributed by atoms with Crippen LogP contribution in [0.4, 0.5) is 17.1 Å². The summed E-state index contributed by atoms with van der Waals surface area (Å²) in [5.41, 5.74) is 2.79. The highest BCUT2D eigenvalue weighted by Gasteiger charge is 2.16. The number of nitrogens with zero attached hydrogens (tertiary/aromatic N) is 1. The summed E-state index contributed by atoms with van der Waals surface area (Å²) in [7, 11) is 1.66. The van der Waals surface area contributed by atoms with E-state index in [0.29, 0.717) is 0 Å². The van der Waals surface area contributed by atoms with Crippen molar-refractivity contribution < 1.29 is 9.84 Å². The van der Waals surface area contributed by atoms with Gasteiger partial charge in [-0.15, -0.1) is 0 Å². The number of ether oxygens (including phenoxy) is 1. The molecule has 0 heterocycles. The predicted molar refractivity (Wildman–Crippen MR) is 89.3 cm³/mol. The largest absolute Gasteiger partial charge is 0.508 e. The molecule has 0 aliphatic carbocycles. The summed E-state index contributed by atoms with van der Waals surface area (Å²) in [5, 5.41) is 9.82. The first-order chi connectivity index (χ1) is 10.8. The topological polar surface area (TPSA) is 32.7 Å². The average Bonchev–Trinajstić information content (AvgIpc) is 2.57. The van der Waals surface area contributed by atoms with Crippen LogP contribution in [0.15, 0.2) is 78.9 Å². The zero-order valence-corrected chi connectivity index (χ0v) is 12.3. The minimum absolute atomic E-state index is 0.230. The Morgan fingerprint density at radius 3 is 2.18 bits per heavy atom. The van der Waals surface area contributed by atoms with E-state index in [1.54, 1.807) is 19.2 Å². The fourth-order valence-electron chi connectivity index (χ4n) is 2.45. The third-order valence-electron chi connectivity index (χ3n) is 3.43. The van der Waals surface area contributed by atoms with Crippen LogP contribution in [0.3, 0.4) is 0 Å². The number of benzene rings is 3. The van der Waals surface area contributed by atoms with Gasteiger partial charge < -0.3 is 14.7 Å². The molecule has 0 amide bonds. The standard InChI is InChI=1S/C19H17NO2/c1-22-19-13-6-5-12-18(19)20(15-8-3-2-4-9-15)16-10-7-11-17(21)14-16/h2-14,21H,1H3. The highest BCUT2D eigenvalue weighted by Crippen LogP contribution is 2.40. The average molecular weight is 291 g/mol. The number of hydrogen-bond donors (Lipinski definition) is 1. The molecule has 0 bridgehead atoms. The van der Waals surface area contributed by atoms with Gasteiger partial charge >= 0.3 is 0 Å². The maximum Gasteiger partial charge on any atom is 0.142 e. The van der Waals surface area contributed by atoms with Crippen LogP contribution < -0.4 is 9.64 Å². The minimum atomic E-state index is 0.230. The summed E-state index contributed by atoms with van der Waals surface area (Å²) in [5.74, 6) is 1.00. The molecule has 3 aromatic rings. The van der Waals surface area contributed by atoms with Crippen LogP contribution in [-0.2, 0) is 0 Å². The van der Waals surface area contributed by atoms with Gasteiger partial charge in [-0.25, -0.2) is 0 Å². The normalized spacial score (nSPS) is 10.2. The van der Waals surface area contributed by atoms with E-state index in [0.717, 1.165) is 22.8 Å². The van der Waals surface area contributed by atoms with Crippen molar-refractivity contribution in [2.75, 3.05) is 12.0 Å². The minimum Gasteiger partial charge on any atom is -0.508 e. The van der Waals surface area contributed by atoms with E-state index in [1.807, 2.05) is 66.7 Å². The van der Waals surface area contributed by atoms with Gasteiger partial charge in [0.05, 0.1) is 12.8 Å². The monoisotopic (exact) mass is 291 g/mol. The molecule has 0 aliphatic rings. The number of para-hydroxylation sites is 3. The molecule has 3 heteroatoms. The lowest BCUT2D eigenvalue weighted by molar-refractivity contribution is 0.416. The van der Waals surface area contributed by atoms with Gasteiger partial charge in [0.15, 0.2) is 0 Å². The second-order valence-electron chi connectivity index (χ2n) is 4.86. The molecule has 0 spiro atoms. The van der Waals surface area contributed by atoms with Crippen LogP contribution in [0.2, 0.25) is 0 Å². The molecule has 3 rings (SSSR count). The Hall–Kier alpha value is -2.94. The van der Waals surface area contributed by atoms with Crippen LogP contribution >= 0.6 is 0 Å². The van der Waals surface area contributed by atoms with Crippen molar-refractivity contribution in [3.05, 3.63) is 78.9 Å². The van der Waals surface area contributed by atoms with Crippen LogP contribution in [0.25, 0.3) is 0 Å². The number of rotatable bonds is 4. The predicted octanol–water partition coefficient (Wildman–Crippen LogP) is 4.87. The maximum absolute atomic E-state index is 9.82. The summed E-state index contributed by atoms with van der Waals surface area (Å²) in [4.78, 5) is 2.05. The SMILES string of the molecule is COc1ccccc1N(c1ccccc1)c1cccc(O)c1. The molecule has 0 unspecified atom stereocenters. The molecular formula is C19H17NO2. The van der Waals surface area contributed by atoms with E-state index in [-0.39, 0.29) is 5.75 Å². The Morgan fingerprint density at radius 2 is 1.45 bits per heavy atom. The van der Waals surface area contributed by atoms with E-state index in [4.69, 9.17) is 4.74 Å². The van der Waals surface area contributed by atoms with Gasteiger partial charge in [-0.1, -0.05) is 36.4 Å². The van der Waals surface area contributed by atoms with E-state index in [1.165, 1.54) is 0 Å². The lowest BCUT2D eigenvalue weighted by Gasteiger charge is -2.26. The van der Waals surface area contributed by atoms with Crippen molar-refractivity contribution in [3.8, 4) is 11.5 Å². The second kappa shape index (κ2) is 6.22. The van der Waals surface area contributed by atoms with Gasteiger partial charge in [0.2, 0.25) is 0 Å². The quantitative estimate of drug-likeness (QED) is 0.744. The molecule has 1 N–H and O–H groups in total. The van der Waals surface area contributed by atoms with Gasteiger partial charge in [0, 0.05) is 17.4 Å². The fraction of sp³-hybridized carbons (Fsp3) is 0.0526. The lowest BCUT2D eigenvalue weighted by atomic mass is 10.1. The third-order valence-corrected chi connectivity index (χ3v) is 3.43. The summed E-state index contributed by atoms with van der Waals surface area (Å²) in [6.07, 6.45) is 0. The molecule has 0 aromatic heterocycles. The van der Waals surface area contributed by atoms with Crippen LogP contribution in [0.5, 0.6) is 11.5 Å². The lowest BCUT2D eigenvalue weighted by Crippen LogP contribution is -2.10. The molecule has 0 aliphatic heterocycles. The molecule has 0 atom stereocenters. The summed E-state index contributed by atoms with van der Waals surface area (Å²) < 4.78 is 5.50. The molecule has 3 nitrogen and oxygen atoms in total. The van der Waals surface area contributed by atoms with Gasteiger partial charge in [0.25, 0.3) is 0 Å². The number of methoxy groups -OCH3 is 1. The summed E-state index contributed by atoms with van der Waals surface area (Å²) in [6.45, 7) is 0. The van der Waals surface area contributed by atoms with Crippen LogP contribution in [0, 0.1) is 0 Å². The number of phenolic OH excluding ortho intramolecular Hbond substituents is 1. The first-order valence-electron chi connectivity index (χ1n) is 7.07. The highest BCUT2D eigenvalue weighted by atomic mass is 16.5. The Bertz CT molecular complexity index is 756. The number of phenols is 1. The van der Waals surface area contributed by atoms with E-state index in [9.17, 15) is 5.11 Å². The number of hydrogen-bond acceptors (Lipinski definition) is 3. The molecule has 3 aromatic carbocycles. The second-order valence-corrected chi connectivity index (χ2v) is 4.86. The molecule has 22 heavy (non-hydrogen) atoms. The van der Waals surface area contributed by atoms with Crippen LogP contribution in [0.1, 0.15) is 0 Å². The Kier molecular flexibility index (Phi) is 3.97. The van der Waals surface area contributed by atoms with Gasteiger partial charge in [-0.2, -0.15) is 0 Å². The molecule has 0 saturated carbocycles. The molecule has 0 radical (unpaired) electrons. The zero-order valence-electron chi connectivity index (χ0n) is 12.3. The summed E-state index contributed by atoms with van der Waals surface area (Å²) >= 11 is 0. The first kappa shape index (κ1) is 14.0. The molecular weight excluding hydrogens is 274 g/mol. The first-order valence-corrected chi connectivity index (χ1v) is 7.07. The van der Waals surface area contributed by atoms with Crippen LogP contribution in [-0.4, -0.2) is 12.2 Å². The Morgan fingerprint density at radius 1 is 0.773 bits per heavy atom. The zero-order chi connectivity index (χ0) is 15.4.